The molecule has 0 saturated carbocycles. The minimum absolute atomic E-state index is 0.0232. The van der Waals surface area contributed by atoms with Crippen LogP contribution in [0, 0.1) is 5.92 Å². The second-order valence-corrected chi connectivity index (χ2v) is 6.42. The fraction of sp³-hybridized carbons (Fsp3) is 0.846. The fourth-order valence-corrected chi connectivity index (χ4v) is 2.36. The van der Waals surface area contributed by atoms with Crippen molar-refractivity contribution in [1.29, 1.82) is 0 Å². The first kappa shape index (κ1) is 13.3. The molecule has 0 radical (unpaired) electrons. The Morgan fingerprint density at radius 1 is 1.33 bits per heavy atom. The van der Waals surface area contributed by atoms with Crippen LogP contribution in [0.3, 0.4) is 0 Å². The summed E-state index contributed by atoms with van der Waals surface area (Å²) < 4.78 is 0. The number of hydrogen-bond acceptors (Lipinski definition) is 4. The Labute approximate surface area is 109 Å². The van der Waals surface area contributed by atoms with Crippen molar-refractivity contribution >= 4 is 5.95 Å². The van der Waals surface area contributed by atoms with Crippen LogP contribution in [0.5, 0.6) is 0 Å². The summed E-state index contributed by atoms with van der Waals surface area (Å²) >= 11 is 0. The molecule has 1 fully saturated rings. The van der Waals surface area contributed by atoms with Gasteiger partial charge in [0.1, 0.15) is 5.82 Å². The summed E-state index contributed by atoms with van der Waals surface area (Å²) in [5.74, 6) is 2.43. The minimum Gasteiger partial charge on any atom is -0.340 e. The third-order valence-electron chi connectivity index (χ3n) is 3.75. The van der Waals surface area contributed by atoms with Gasteiger partial charge in [-0.25, -0.2) is 0 Å². The molecule has 1 atom stereocenters. The molecular formula is C13H25N5. The van der Waals surface area contributed by atoms with Gasteiger partial charge in [0.05, 0.1) is 0 Å². The number of aromatic nitrogens is 3. The van der Waals surface area contributed by atoms with Crippen molar-refractivity contribution in [2.75, 3.05) is 18.0 Å². The minimum atomic E-state index is 0.0232. The van der Waals surface area contributed by atoms with Crippen molar-refractivity contribution < 1.29 is 0 Å². The largest absolute Gasteiger partial charge is 0.340 e. The number of rotatable bonds is 2. The molecule has 1 unspecified atom stereocenters. The number of anilines is 1. The predicted molar refractivity (Wildman–Crippen MR) is 73.7 cm³/mol. The maximum Gasteiger partial charge on any atom is 0.244 e. The van der Waals surface area contributed by atoms with E-state index >= 15 is 0 Å². The standard InChI is InChI=1S/C13H25N5/c1-9(14)10-5-7-18(8-6-10)12-15-11(16-17-12)13(2,3)4/h9-10H,5-8,14H2,1-4H3,(H,15,16,17). The quantitative estimate of drug-likeness (QED) is 0.838. The van der Waals surface area contributed by atoms with Gasteiger partial charge >= 0.3 is 0 Å². The zero-order chi connectivity index (χ0) is 13.3. The van der Waals surface area contributed by atoms with E-state index in [9.17, 15) is 0 Å². The molecule has 1 aliphatic heterocycles. The smallest absolute Gasteiger partial charge is 0.244 e. The van der Waals surface area contributed by atoms with Crippen molar-refractivity contribution in [1.82, 2.24) is 15.2 Å². The van der Waals surface area contributed by atoms with Gasteiger partial charge in [-0.15, -0.1) is 5.10 Å². The second-order valence-electron chi connectivity index (χ2n) is 6.42. The van der Waals surface area contributed by atoms with E-state index in [1.165, 1.54) is 0 Å². The summed E-state index contributed by atoms with van der Waals surface area (Å²) in [4.78, 5) is 6.86. The summed E-state index contributed by atoms with van der Waals surface area (Å²) in [6, 6.07) is 0.296. The highest BCUT2D eigenvalue weighted by Crippen LogP contribution is 2.24. The second kappa shape index (κ2) is 4.88. The molecule has 1 aromatic heterocycles. The van der Waals surface area contributed by atoms with Crippen molar-refractivity contribution in [3.05, 3.63) is 5.82 Å². The highest BCUT2D eigenvalue weighted by molar-refractivity contribution is 5.30. The number of nitrogens with zero attached hydrogens (tertiary/aromatic N) is 3. The Balaban J connectivity index is 2.00. The maximum absolute atomic E-state index is 5.96. The van der Waals surface area contributed by atoms with Crippen LogP contribution in [0.1, 0.15) is 46.4 Å². The van der Waals surface area contributed by atoms with Crippen LogP contribution < -0.4 is 10.6 Å². The molecule has 1 aliphatic rings. The molecule has 0 aliphatic carbocycles. The lowest BCUT2D eigenvalue weighted by atomic mass is 9.91. The van der Waals surface area contributed by atoms with Gasteiger partial charge in [-0.2, -0.15) is 4.98 Å². The van der Waals surface area contributed by atoms with E-state index < -0.39 is 0 Å². The number of piperidine rings is 1. The molecule has 5 nitrogen and oxygen atoms in total. The zero-order valence-electron chi connectivity index (χ0n) is 11.9. The molecule has 1 saturated heterocycles. The molecule has 18 heavy (non-hydrogen) atoms. The van der Waals surface area contributed by atoms with E-state index in [0.29, 0.717) is 12.0 Å². The van der Waals surface area contributed by atoms with Gasteiger partial charge in [-0.1, -0.05) is 20.8 Å². The fourth-order valence-electron chi connectivity index (χ4n) is 2.36. The Morgan fingerprint density at radius 3 is 2.39 bits per heavy atom. The molecule has 0 aromatic carbocycles. The summed E-state index contributed by atoms with van der Waals surface area (Å²) in [6.07, 6.45) is 2.27. The molecule has 2 heterocycles. The number of nitrogens with two attached hydrogens (primary N) is 1. The van der Waals surface area contributed by atoms with Crippen molar-refractivity contribution in [3.63, 3.8) is 0 Å². The van der Waals surface area contributed by atoms with Crippen LogP contribution in [0.2, 0.25) is 0 Å². The van der Waals surface area contributed by atoms with E-state index in [-0.39, 0.29) is 5.41 Å². The summed E-state index contributed by atoms with van der Waals surface area (Å²) in [7, 11) is 0. The molecular weight excluding hydrogens is 226 g/mol. The lowest BCUT2D eigenvalue weighted by Crippen LogP contribution is -2.40. The highest BCUT2D eigenvalue weighted by Gasteiger charge is 2.25. The normalized spacial score (nSPS) is 20.2. The van der Waals surface area contributed by atoms with Gasteiger partial charge in [0.15, 0.2) is 0 Å². The summed E-state index contributed by atoms with van der Waals surface area (Å²) in [5.41, 5.74) is 5.98. The molecule has 102 valence electrons. The number of H-pyrrole nitrogens is 1. The SMILES string of the molecule is CC(N)C1CCN(c2n[nH]c(C(C)(C)C)n2)CC1. The summed E-state index contributed by atoms with van der Waals surface area (Å²) in [5, 5.41) is 7.38. The van der Waals surface area contributed by atoms with Crippen molar-refractivity contribution in [2.24, 2.45) is 11.7 Å². The average molecular weight is 251 g/mol. The van der Waals surface area contributed by atoms with Crippen LogP contribution in [-0.2, 0) is 5.41 Å². The molecule has 0 bridgehead atoms. The Bertz CT molecular complexity index is 382. The molecule has 2 rings (SSSR count). The lowest BCUT2D eigenvalue weighted by molar-refractivity contribution is 0.352. The molecule has 3 N–H and O–H groups in total. The first-order chi connectivity index (χ1) is 8.38. The lowest BCUT2D eigenvalue weighted by Gasteiger charge is -2.33. The first-order valence-corrected chi connectivity index (χ1v) is 6.81. The zero-order valence-corrected chi connectivity index (χ0v) is 11.9. The molecule has 1 aromatic rings. The number of nitrogens with one attached hydrogen (secondary N) is 1. The van der Waals surface area contributed by atoms with E-state index in [4.69, 9.17) is 5.73 Å². The predicted octanol–water partition coefficient (Wildman–Crippen LogP) is 1.67. The van der Waals surface area contributed by atoms with E-state index in [0.717, 1.165) is 37.7 Å². The van der Waals surface area contributed by atoms with E-state index in [1.807, 2.05) is 0 Å². The van der Waals surface area contributed by atoms with Crippen molar-refractivity contribution in [2.45, 2.75) is 52.0 Å². The third kappa shape index (κ3) is 2.83. The summed E-state index contributed by atoms with van der Waals surface area (Å²) in [6.45, 7) is 10.5. The average Bonchev–Trinajstić information content (AvgIpc) is 2.78. The van der Waals surface area contributed by atoms with E-state index in [2.05, 4.69) is 47.8 Å². The number of aromatic amines is 1. The Morgan fingerprint density at radius 2 is 1.94 bits per heavy atom. The topological polar surface area (TPSA) is 70.8 Å². The van der Waals surface area contributed by atoms with Gasteiger partial charge in [0.2, 0.25) is 5.95 Å². The van der Waals surface area contributed by atoms with Crippen LogP contribution in [0.25, 0.3) is 0 Å². The first-order valence-electron chi connectivity index (χ1n) is 6.81. The van der Waals surface area contributed by atoms with Crippen LogP contribution in [0.15, 0.2) is 0 Å². The molecule has 5 heteroatoms. The van der Waals surface area contributed by atoms with Gasteiger partial charge < -0.3 is 10.6 Å². The van der Waals surface area contributed by atoms with Crippen LogP contribution >= 0.6 is 0 Å². The Hall–Kier alpha value is -1.10. The molecule has 0 amide bonds. The van der Waals surface area contributed by atoms with Crippen molar-refractivity contribution in [3.8, 4) is 0 Å². The Kier molecular flexibility index (Phi) is 3.61. The highest BCUT2D eigenvalue weighted by atomic mass is 15.4. The van der Waals surface area contributed by atoms with Gasteiger partial charge in [-0.05, 0) is 25.7 Å². The maximum atomic E-state index is 5.96. The van der Waals surface area contributed by atoms with Gasteiger partial charge in [0.25, 0.3) is 0 Å². The molecule has 0 spiro atoms. The van der Waals surface area contributed by atoms with E-state index in [1.54, 1.807) is 0 Å². The monoisotopic (exact) mass is 251 g/mol. The van der Waals surface area contributed by atoms with Gasteiger partial charge in [-0.3, -0.25) is 5.10 Å². The van der Waals surface area contributed by atoms with Crippen LogP contribution in [0.4, 0.5) is 5.95 Å². The third-order valence-corrected chi connectivity index (χ3v) is 3.75. The van der Waals surface area contributed by atoms with Crippen LogP contribution in [-0.4, -0.2) is 34.3 Å². The number of hydrogen-bond donors (Lipinski definition) is 2. The van der Waals surface area contributed by atoms with Gasteiger partial charge in [0, 0.05) is 24.5 Å².